The van der Waals surface area contributed by atoms with Gasteiger partial charge in [-0.05, 0) is 6.42 Å². The Morgan fingerprint density at radius 2 is 2.33 bits per heavy atom. The normalized spacial score (nSPS) is 21.6. The number of nitro benzene ring substituents is 1. The Labute approximate surface area is 122 Å². The summed E-state index contributed by atoms with van der Waals surface area (Å²) >= 11 is 0. The molecule has 6 nitrogen and oxygen atoms in total. The van der Waals surface area contributed by atoms with Crippen LogP contribution >= 0.6 is 0 Å². The third-order valence-corrected chi connectivity index (χ3v) is 3.90. The molecular formula is C14H18FN3O3. The molecule has 1 fully saturated rings. The predicted molar refractivity (Wildman–Crippen MR) is 76.0 cm³/mol. The van der Waals surface area contributed by atoms with Crippen LogP contribution in [-0.4, -0.2) is 33.8 Å². The van der Waals surface area contributed by atoms with Gasteiger partial charge in [-0.3, -0.25) is 15.0 Å². The molecule has 21 heavy (non-hydrogen) atoms. The van der Waals surface area contributed by atoms with E-state index in [1.165, 1.54) is 12.1 Å². The van der Waals surface area contributed by atoms with Gasteiger partial charge in [0.05, 0.1) is 10.6 Å². The molecule has 1 heterocycles. The summed E-state index contributed by atoms with van der Waals surface area (Å²) < 4.78 is 14.1. The van der Waals surface area contributed by atoms with Crippen molar-refractivity contribution in [3.63, 3.8) is 0 Å². The molecule has 1 aliphatic rings. The maximum atomic E-state index is 14.1. The first-order chi connectivity index (χ1) is 10.1. The van der Waals surface area contributed by atoms with Gasteiger partial charge in [0.15, 0.2) is 0 Å². The zero-order chi connectivity index (χ0) is 15.4. The quantitative estimate of drug-likeness (QED) is 0.526. The Kier molecular flexibility index (Phi) is 4.85. The van der Waals surface area contributed by atoms with E-state index in [4.69, 9.17) is 5.21 Å². The van der Waals surface area contributed by atoms with Crippen molar-refractivity contribution in [1.29, 1.82) is 0 Å². The number of nitrogens with zero attached hydrogens (tertiary/aromatic N) is 3. The summed E-state index contributed by atoms with van der Waals surface area (Å²) in [5.74, 6) is -0.623. The van der Waals surface area contributed by atoms with Crippen LogP contribution in [0, 0.1) is 21.8 Å². The molecule has 1 aromatic carbocycles. The Morgan fingerprint density at radius 1 is 1.57 bits per heavy atom. The molecule has 7 heteroatoms. The third-order valence-electron chi connectivity index (χ3n) is 3.90. The van der Waals surface area contributed by atoms with Crippen LogP contribution in [0.25, 0.3) is 0 Å². The minimum atomic E-state index is -0.767. The van der Waals surface area contributed by atoms with Crippen LogP contribution in [0.3, 0.4) is 0 Å². The maximum Gasteiger partial charge on any atom is 0.305 e. The van der Waals surface area contributed by atoms with Crippen molar-refractivity contribution in [1.82, 2.24) is 4.90 Å². The summed E-state index contributed by atoms with van der Waals surface area (Å²) in [6.07, 6.45) is 1.47. The second-order valence-corrected chi connectivity index (χ2v) is 5.19. The van der Waals surface area contributed by atoms with Crippen LogP contribution in [0.1, 0.15) is 25.3 Å². The summed E-state index contributed by atoms with van der Waals surface area (Å²) in [6, 6.07) is 4.23. The van der Waals surface area contributed by atoms with Crippen LogP contribution in [0.2, 0.25) is 0 Å². The van der Waals surface area contributed by atoms with E-state index in [9.17, 15) is 14.5 Å². The molecule has 1 aromatic rings. The highest BCUT2D eigenvalue weighted by atomic mass is 19.1. The smallest absolute Gasteiger partial charge is 0.305 e. The molecular weight excluding hydrogens is 277 g/mol. The summed E-state index contributed by atoms with van der Waals surface area (Å²) in [5, 5.41) is 23.0. The summed E-state index contributed by atoms with van der Waals surface area (Å²) in [4.78, 5) is 12.1. The lowest BCUT2D eigenvalue weighted by Gasteiger charge is -2.32. The first kappa shape index (κ1) is 15.4. The third kappa shape index (κ3) is 3.36. The van der Waals surface area contributed by atoms with E-state index in [1.54, 1.807) is 6.07 Å². The lowest BCUT2D eigenvalue weighted by molar-refractivity contribution is -0.387. The molecule has 114 valence electrons. The molecule has 1 saturated heterocycles. The Bertz CT molecular complexity index is 562. The second kappa shape index (κ2) is 6.62. The van der Waals surface area contributed by atoms with Gasteiger partial charge in [-0.1, -0.05) is 24.2 Å². The van der Waals surface area contributed by atoms with E-state index in [-0.39, 0.29) is 5.92 Å². The van der Waals surface area contributed by atoms with Gasteiger partial charge in [-0.2, -0.15) is 4.39 Å². The molecule has 1 unspecified atom stereocenters. The Balaban J connectivity index is 2.13. The molecule has 1 aliphatic heterocycles. The van der Waals surface area contributed by atoms with Gasteiger partial charge in [0.1, 0.15) is 0 Å². The van der Waals surface area contributed by atoms with Crippen LogP contribution in [0.4, 0.5) is 10.1 Å². The summed E-state index contributed by atoms with van der Waals surface area (Å²) in [6.45, 7) is 3.64. The molecule has 1 N–H and O–H groups in total. The number of likely N-dealkylation sites (tertiary alicyclic amines) is 1. The first-order valence-corrected chi connectivity index (χ1v) is 6.91. The van der Waals surface area contributed by atoms with E-state index < -0.39 is 16.4 Å². The summed E-state index contributed by atoms with van der Waals surface area (Å²) in [7, 11) is 0. The van der Waals surface area contributed by atoms with Crippen molar-refractivity contribution in [2.75, 3.05) is 13.1 Å². The van der Waals surface area contributed by atoms with Crippen molar-refractivity contribution < 1.29 is 14.5 Å². The minimum absolute atomic E-state index is 0.144. The fourth-order valence-electron chi connectivity index (χ4n) is 2.70. The molecule has 0 aromatic heterocycles. The predicted octanol–water partition coefficient (Wildman–Crippen LogP) is 2.80. The molecule has 0 radical (unpaired) electrons. The van der Waals surface area contributed by atoms with Gasteiger partial charge in [-0.15, -0.1) is 0 Å². The number of hydrogen-bond acceptors (Lipinski definition) is 5. The number of rotatable bonds is 4. The molecule has 1 atom stereocenters. The number of oxime groups is 1. The van der Waals surface area contributed by atoms with Gasteiger partial charge in [0.2, 0.25) is 5.82 Å². The maximum absolute atomic E-state index is 14.1. The zero-order valence-corrected chi connectivity index (χ0v) is 11.8. The topological polar surface area (TPSA) is 79.0 Å². The first-order valence-electron chi connectivity index (χ1n) is 6.91. The van der Waals surface area contributed by atoms with Crippen molar-refractivity contribution in [3.8, 4) is 0 Å². The lowest BCUT2D eigenvalue weighted by atomic mass is 9.93. The fraction of sp³-hybridized carbons (Fsp3) is 0.500. The van der Waals surface area contributed by atoms with Gasteiger partial charge in [-0.25, -0.2) is 0 Å². The monoisotopic (exact) mass is 295 g/mol. The van der Waals surface area contributed by atoms with Gasteiger partial charge in [0.25, 0.3) is 0 Å². The van der Waals surface area contributed by atoms with Gasteiger partial charge >= 0.3 is 5.69 Å². The molecule has 0 bridgehead atoms. The van der Waals surface area contributed by atoms with E-state index in [1.807, 2.05) is 11.8 Å². The highest BCUT2D eigenvalue weighted by Crippen LogP contribution is 2.24. The molecule has 0 amide bonds. The van der Waals surface area contributed by atoms with E-state index in [2.05, 4.69) is 5.16 Å². The number of benzene rings is 1. The standard InChI is InChI=1S/C14H18FN3O3/c1-2-10-8-17(7-6-12(10)16-19)9-11-4-3-5-13(14(11)15)18(20)21/h3-5,10,19H,2,6-9H2,1H3/b16-12+. The number of piperidine rings is 1. The van der Waals surface area contributed by atoms with Crippen LogP contribution < -0.4 is 0 Å². The zero-order valence-electron chi connectivity index (χ0n) is 11.8. The van der Waals surface area contributed by atoms with Crippen molar-refractivity contribution in [2.45, 2.75) is 26.3 Å². The van der Waals surface area contributed by atoms with Gasteiger partial charge < -0.3 is 5.21 Å². The Morgan fingerprint density at radius 3 is 2.95 bits per heavy atom. The average molecular weight is 295 g/mol. The molecule has 0 saturated carbocycles. The molecule has 0 spiro atoms. The second-order valence-electron chi connectivity index (χ2n) is 5.19. The SMILES string of the molecule is CCC1CN(Cc2cccc([N+](=O)[O-])c2F)CC/C1=N\O. The van der Waals surface area contributed by atoms with Crippen molar-refractivity contribution in [2.24, 2.45) is 11.1 Å². The summed E-state index contributed by atoms with van der Waals surface area (Å²) in [5.41, 5.74) is 0.603. The average Bonchev–Trinajstić information content (AvgIpc) is 2.48. The van der Waals surface area contributed by atoms with Crippen molar-refractivity contribution >= 4 is 11.4 Å². The lowest BCUT2D eigenvalue weighted by Crippen LogP contribution is -2.40. The van der Waals surface area contributed by atoms with E-state index >= 15 is 0 Å². The van der Waals surface area contributed by atoms with E-state index in [0.717, 1.165) is 12.1 Å². The van der Waals surface area contributed by atoms with Gasteiger partial charge in [0, 0.05) is 43.6 Å². The fourth-order valence-corrected chi connectivity index (χ4v) is 2.70. The highest BCUT2D eigenvalue weighted by molar-refractivity contribution is 5.87. The highest BCUT2D eigenvalue weighted by Gasteiger charge is 2.26. The molecule has 0 aliphatic carbocycles. The van der Waals surface area contributed by atoms with Crippen LogP contribution in [-0.2, 0) is 6.54 Å². The van der Waals surface area contributed by atoms with Crippen molar-refractivity contribution in [3.05, 3.63) is 39.7 Å². The molecule has 2 rings (SSSR count). The number of hydrogen-bond donors (Lipinski definition) is 1. The van der Waals surface area contributed by atoms with Crippen LogP contribution in [0.15, 0.2) is 23.4 Å². The number of nitro groups is 1. The number of halogens is 1. The van der Waals surface area contributed by atoms with E-state index in [0.29, 0.717) is 31.6 Å². The Hall–Kier alpha value is -2.02. The minimum Gasteiger partial charge on any atom is -0.411 e. The van der Waals surface area contributed by atoms with Crippen LogP contribution in [0.5, 0.6) is 0 Å². The largest absolute Gasteiger partial charge is 0.411 e.